The number of Topliss-reactive ketones (excluding diaryl/α,β-unsaturated/α-hetero) is 1. The summed E-state index contributed by atoms with van der Waals surface area (Å²) in [5.41, 5.74) is 0. The quantitative estimate of drug-likeness (QED) is 0.552. The minimum absolute atomic E-state index is 0.0454. The molecule has 1 atom stereocenters. The highest BCUT2D eigenvalue weighted by molar-refractivity contribution is 5.75. The third kappa shape index (κ3) is 5.46. The van der Waals surface area contributed by atoms with Gasteiger partial charge in [0, 0.05) is 13.0 Å². The average Bonchev–Trinajstić information content (AvgIpc) is 1.63. The molecule has 3 nitrogen and oxygen atoms in total. The normalized spacial score (nSPS) is 13.2. The Balaban J connectivity index is 3.26. The SMILES string of the molecule is CC(=O)C[C@@H](O)CCO. The van der Waals surface area contributed by atoms with E-state index in [1.807, 2.05) is 0 Å². The Morgan fingerprint density at radius 1 is 1.67 bits per heavy atom. The van der Waals surface area contributed by atoms with E-state index in [0.717, 1.165) is 0 Å². The molecule has 0 spiro atoms. The summed E-state index contributed by atoms with van der Waals surface area (Å²) in [5, 5.41) is 17.1. The lowest BCUT2D eigenvalue weighted by Gasteiger charge is -2.03. The van der Waals surface area contributed by atoms with Gasteiger partial charge in [0.15, 0.2) is 0 Å². The van der Waals surface area contributed by atoms with Gasteiger partial charge in [0.25, 0.3) is 0 Å². The van der Waals surface area contributed by atoms with Crippen LogP contribution in [0.5, 0.6) is 0 Å². The van der Waals surface area contributed by atoms with Crippen LogP contribution in [-0.2, 0) is 4.79 Å². The molecule has 0 fully saturated rings. The zero-order valence-corrected chi connectivity index (χ0v) is 5.50. The van der Waals surface area contributed by atoms with Gasteiger partial charge in [-0.15, -0.1) is 0 Å². The molecule has 0 radical (unpaired) electrons. The first-order valence-corrected chi connectivity index (χ1v) is 2.95. The van der Waals surface area contributed by atoms with Gasteiger partial charge in [-0.25, -0.2) is 0 Å². The molecule has 0 aliphatic carbocycles. The van der Waals surface area contributed by atoms with Crippen molar-refractivity contribution in [3.63, 3.8) is 0 Å². The molecule has 3 heteroatoms. The lowest BCUT2D eigenvalue weighted by molar-refractivity contribution is -0.118. The van der Waals surface area contributed by atoms with Crippen molar-refractivity contribution in [1.82, 2.24) is 0 Å². The third-order valence-corrected chi connectivity index (χ3v) is 0.985. The smallest absolute Gasteiger partial charge is 0.132 e. The minimum Gasteiger partial charge on any atom is -0.396 e. The highest BCUT2D eigenvalue weighted by Gasteiger charge is 2.04. The molecule has 0 aromatic heterocycles. The van der Waals surface area contributed by atoms with Gasteiger partial charge in [0.1, 0.15) is 5.78 Å². The van der Waals surface area contributed by atoms with Gasteiger partial charge in [0.05, 0.1) is 6.10 Å². The van der Waals surface area contributed by atoms with Crippen LogP contribution in [0.25, 0.3) is 0 Å². The number of carbonyl (C=O) groups is 1. The molecule has 0 bridgehead atoms. The lowest BCUT2D eigenvalue weighted by Crippen LogP contribution is -2.12. The molecule has 0 aromatic rings. The molecule has 54 valence electrons. The molecule has 0 saturated carbocycles. The van der Waals surface area contributed by atoms with Crippen molar-refractivity contribution in [3.05, 3.63) is 0 Å². The highest BCUT2D eigenvalue weighted by atomic mass is 16.3. The van der Waals surface area contributed by atoms with Gasteiger partial charge in [-0.1, -0.05) is 0 Å². The van der Waals surface area contributed by atoms with Crippen LogP contribution in [0.3, 0.4) is 0 Å². The van der Waals surface area contributed by atoms with Crippen molar-refractivity contribution in [3.8, 4) is 0 Å². The number of hydrogen-bond donors (Lipinski definition) is 2. The summed E-state index contributed by atoms with van der Waals surface area (Å²) < 4.78 is 0. The molecule has 0 rings (SSSR count). The maximum Gasteiger partial charge on any atom is 0.132 e. The second-order valence-corrected chi connectivity index (χ2v) is 2.07. The number of aliphatic hydroxyl groups is 2. The number of aliphatic hydroxyl groups excluding tert-OH is 2. The van der Waals surface area contributed by atoms with E-state index in [4.69, 9.17) is 10.2 Å². The van der Waals surface area contributed by atoms with E-state index in [1.54, 1.807) is 0 Å². The predicted octanol–water partition coefficient (Wildman–Crippen LogP) is -0.291. The molecule has 0 aliphatic heterocycles. The summed E-state index contributed by atoms with van der Waals surface area (Å²) >= 11 is 0. The van der Waals surface area contributed by atoms with Crippen LogP contribution in [0.15, 0.2) is 0 Å². The number of hydrogen-bond acceptors (Lipinski definition) is 3. The van der Waals surface area contributed by atoms with E-state index < -0.39 is 6.10 Å². The van der Waals surface area contributed by atoms with Crippen molar-refractivity contribution in [1.29, 1.82) is 0 Å². The van der Waals surface area contributed by atoms with E-state index >= 15 is 0 Å². The van der Waals surface area contributed by atoms with Crippen LogP contribution in [0, 0.1) is 0 Å². The summed E-state index contributed by atoms with van der Waals surface area (Å²) in [4.78, 5) is 10.3. The molecule has 0 heterocycles. The molecule has 0 aromatic carbocycles. The largest absolute Gasteiger partial charge is 0.396 e. The fraction of sp³-hybridized carbons (Fsp3) is 0.833. The lowest BCUT2D eigenvalue weighted by atomic mass is 10.1. The van der Waals surface area contributed by atoms with E-state index in [9.17, 15) is 4.79 Å². The predicted molar refractivity (Wildman–Crippen MR) is 33.0 cm³/mol. The Kier molecular flexibility index (Phi) is 4.26. The van der Waals surface area contributed by atoms with Crippen molar-refractivity contribution >= 4 is 5.78 Å². The highest BCUT2D eigenvalue weighted by Crippen LogP contribution is 1.96. The zero-order chi connectivity index (χ0) is 7.28. The minimum atomic E-state index is -0.660. The maximum atomic E-state index is 10.3. The van der Waals surface area contributed by atoms with Crippen LogP contribution in [-0.4, -0.2) is 28.7 Å². The van der Waals surface area contributed by atoms with E-state index in [-0.39, 0.29) is 18.8 Å². The Labute approximate surface area is 54.3 Å². The van der Waals surface area contributed by atoms with Crippen LogP contribution < -0.4 is 0 Å². The summed E-state index contributed by atoms with van der Waals surface area (Å²) in [5.74, 6) is -0.0454. The molecular formula is C6H12O3. The Morgan fingerprint density at radius 3 is 2.56 bits per heavy atom. The molecule has 9 heavy (non-hydrogen) atoms. The second-order valence-electron chi connectivity index (χ2n) is 2.07. The maximum absolute atomic E-state index is 10.3. The molecule has 0 unspecified atom stereocenters. The molecule has 2 N–H and O–H groups in total. The van der Waals surface area contributed by atoms with Gasteiger partial charge in [0.2, 0.25) is 0 Å². The standard InChI is InChI=1S/C6H12O3/c1-5(8)4-6(9)2-3-7/h6-7,9H,2-4H2,1H3/t6-/m0/s1. The first-order chi connectivity index (χ1) is 4.16. The third-order valence-electron chi connectivity index (χ3n) is 0.985. The van der Waals surface area contributed by atoms with E-state index in [2.05, 4.69) is 0 Å². The molecule has 0 amide bonds. The van der Waals surface area contributed by atoms with Gasteiger partial charge < -0.3 is 10.2 Å². The number of rotatable bonds is 4. The summed E-state index contributed by atoms with van der Waals surface area (Å²) in [7, 11) is 0. The number of ketones is 1. The van der Waals surface area contributed by atoms with Gasteiger partial charge in [-0.2, -0.15) is 0 Å². The topological polar surface area (TPSA) is 57.5 Å². The van der Waals surface area contributed by atoms with Crippen molar-refractivity contribution in [2.45, 2.75) is 25.9 Å². The summed E-state index contributed by atoms with van der Waals surface area (Å²) in [6.07, 6.45) is -0.215. The Morgan fingerprint density at radius 2 is 2.22 bits per heavy atom. The Hall–Kier alpha value is -0.410. The second kappa shape index (κ2) is 4.47. The van der Waals surface area contributed by atoms with E-state index in [0.29, 0.717) is 6.42 Å². The van der Waals surface area contributed by atoms with Crippen LogP contribution in [0.4, 0.5) is 0 Å². The first kappa shape index (κ1) is 8.59. The monoisotopic (exact) mass is 132 g/mol. The van der Waals surface area contributed by atoms with Crippen LogP contribution in [0.2, 0.25) is 0 Å². The average molecular weight is 132 g/mol. The van der Waals surface area contributed by atoms with Gasteiger partial charge >= 0.3 is 0 Å². The molecule has 0 aliphatic rings. The van der Waals surface area contributed by atoms with Gasteiger partial charge in [-0.3, -0.25) is 4.79 Å². The van der Waals surface area contributed by atoms with Crippen LogP contribution >= 0.6 is 0 Å². The van der Waals surface area contributed by atoms with Gasteiger partial charge in [-0.05, 0) is 13.3 Å². The van der Waals surface area contributed by atoms with Crippen molar-refractivity contribution in [2.24, 2.45) is 0 Å². The first-order valence-electron chi connectivity index (χ1n) is 2.95. The molecule has 0 saturated heterocycles. The van der Waals surface area contributed by atoms with Crippen molar-refractivity contribution < 1.29 is 15.0 Å². The van der Waals surface area contributed by atoms with E-state index in [1.165, 1.54) is 6.92 Å². The van der Waals surface area contributed by atoms with Crippen LogP contribution in [0.1, 0.15) is 19.8 Å². The molecular weight excluding hydrogens is 120 g/mol. The summed E-state index contributed by atoms with van der Waals surface area (Å²) in [6.45, 7) is 1.36. The Bertz CT molecular complexity index is 90.3. The fourth-order valence-electron chi connectivity index (χ4n) is 0.583. The zero-order valence-electron chi connectivity index (χ0n) is 5.50. The number of carbonyl (C=O) groups excluding carboxylic acids is 1. The van der Waals surface area contributed by atoms with Crippen molar-refractivity contribution in [2.75, 3.05) is 6.61 Å². The summed E-state index contributed by atoms with van der Waals surface area (Å²) in [6, 6.07) is 0. The fourth-order valence-corrected chi connectivity index (χ4v) is 0.583.